The van der Waals surface area contributed by atoms with Crippen LogP contribution in [0.1, 0.15) is 31.2 Å². The summed E-state index contributed by atoms with van der Waals surface area (Å²) < 4.78 is 41.0. The molecule has 21 heavy (non-hydrogen) atoms. The van der Waals surface area contributed by atoms with Crippen LogP contribution in [0.3, 0.4) is 0 Å². The maximum atomic E-state index is 13.9. The molecule has 1 aliphatic carbocycles. The number of rotatable bonds is 4. The largest absolute Gasteiger partial charge is 0.330 e. The number of nitrogens with one attached hydrogen (secondary N) is 1. The lowest BCUT2D eigenvalue weighted by atomic mass is 9.85. The number of nitrogens with zero attached hydrogens (tertiary/aromatic N) is 1. The van der Waals surface area contributed by atoms with Crippen molar-refractivity contribution in [3.63, 3.8) is 0 Å². The fraction of sp³-hybridized carbons (Fsp3) is 0.500. The number of halogens is 1. The van der Waals surface area contributed by atoms with Gasteiger partial charge in [-0.15, -0.1) is 0 Å². The third-order valence-electron chi connectivity index (χ3n) is 3.87. The van der Waals surface area contributed by atoms with Gasteiger partial charge in [-0.3, -0.25) is 0 Å². The third kappa shape index (κ3) is 3.59. The number of hydrogen-bond acceptors (Lipinski definition) is 4. The minimum atomic E-state index is -3.95. The number of nitrogens with two attached hydrogens (primary N) is 1. The molecule has 1 fully saturated rings. The zero-order chi connectivity index (χ0) is 15.5. The first kappa shape index (κ1) is 15.9. The van der Waals surface area contributed by atoms with Crippen LogP contribution in [0.4, 0.5) is 4.39 Å². The Morgan fingerprint density at radius 2 is 2.10 bits per heavy atom. The van der Waals surface area contributed by atoms with E-state index in [2.05, 4.69) is 4.72 Å². The summed E-state index contributed by atoms with van der Waals surface area (Å²) in [7, 11) is -3.95. The Labute approximate surface area is 124 Å². The molecule has 1 aliphatic rings. The summed E-state index contributed by atoms with van der Waals surface area (Å²) >= 11 is 0. The molecule has 0 spiro atoms. The van der Waals surface area contributed by atoms with Crippen LogP contribution in [0.15, 0.2) is 23.1 Å². The number of nitriles is 1. The van der Waals surface area contributed by atoms with Crippen LogP contribution in [0, 0.1) is 23.1 Å². The van der Waals surface area contributed by atoms with Crippen LogP contribution in [0.5, 0.6) is 0 Å². The zero-order valence-corrected chi connectivity index (χ0v) is 12.4. The van der Waals surface area contributed by atoms with E-state index in [1.54, 1.807) is 6.07 Å². The number of hydrogen-bond donors (Lipinski definition) is 2. The summed E-state index contributed by atoms with van der Waals surface area (Å²) in [4.78, 5) is -0.428. The Morgan fingerprint density at radius 3 is 2.71 bits per heavy atom. The van der Waals surface area contributed by atoms with Crippen molar-refractivity contribution >= 4 is 10.0 Å². The van der Waals surface area contributed by atoms with Crippen LogP contribution < -0.4 is 10.5 Å². The Balaban J connectivity index is 2.24. The average molecular weight is 311 g/mol. The van der Waals surface area contributed by atoms with Gasteiger partial charge in [0.2, 0.25) is 10.0 Å². The van der Waals surface area contributed by atoms with Gasteiger partial charge < -0.3 is 5.73 Å². The van der Waals surface area contributed by atoms with Gasteiger partial charge in [-0.2, -0.15) is 5.26 Å². The molecule has 1 saturated carbocycles. The first-order valence-corrected chi connectivity index (χ1v) is 8.38. The van der Waals surface area contributed by atoms with Gasteiger partial charge in [-0.05, 0) is 43.5 Å². The summed E-state index contributed by atoms with van der Waals surface area (Å²) in [5.74, 6) is -0.836. The Kier molecular flexibility index (Phi) is 4.93. The summed E-state index contributed by atoms with van der Waals surface area (Å²) in [5, 5.41) is 8.69. The predicted octanol–water partition coefficient (Wildman–Crippen LogP) is 1.49. The molecule has 5 nitrogen and oxygen atoms in total. The lowest BCUT2D eigenvalue weighted by Crippen LogP contribution is -2.44. The Hall–Kier alpha value is -1.49. The first-order valence-electron chi connectivity index (χ1n) is 6.90. The highest BCUT2D eigenvalue weighted by Crippen LogP contribution is 2.25. The Morgan fingerprint density at radius 1 is 1.38 bits per heavy atom. The molecule has 0 radical (unpaired) electrons. The van der Waals surface area contributed by atoms with Gasteiger partial charge in [0.15, 0.2) is 0 Å². The number of benzene rings is 1. The molecule has 0 aliphatic heterocycles. The zero-order valence-electron chi connectivity index (χ0n) is 11.5. The van der Waals surface area contributed by atoms with E-state index in [1.165, 1.54) is 6.07 Å². The van der Waals surface area contributed by atoms with Gasteiger partial charge in [-0.25, -0.2) is 17.5 Å². The van der Waals surface area contributed by atoms with Gasteiger partial charge in [0.1, 0.15) is 10.7 Å². The van der Waals surface area contributed by atoms with Crippen molar-refractivity contribution in [2.45, 2.75) is 36.6 Å². The second-order valence-electron chi connectivity index (χ2n) is 5.27. The van der Waals surface area contributed by atoms with Gasteiger partial charge in [0.05, 0.1) is 11.6 Å². The standard InChI is InChI=1S/C14H18FN3O2S/c15-12-7-10(8-16)5-6-14(12)21(19,20)18-13-4-2-1-3-11(13)9-17/h5-7,11,13,18H,1-4,9,17H2/t11-,13+/m0/s1. The van der Waals surface area contributed by atoms with Crippen LogP contribution in [0.2, 0.25) is 0 Å². The molecule has 0 amide bonds. The predicted molar refractivity (Wildman–Crippen MR) is 76.2 cm³/mol. The van der Waals surface area contributed by atoms with E-state index >= 15 is 0 Å². The molecular weight excluding hydrogens is 293 g/mol. The summed E-state index contributed by atoms with van der Waals surface area (Å²) in [5.41, 5.74) is 5.76. The fourth-order valence-corrected chi connectivity index (χ4v) is 4.09. The fourth-order valence-electron chi connectivity index (χ4n) is 2.70. The molecule has 2 rings (SSSR count). The molecule has 3 N–H and O–H groups in total. The molecule has 0 unspecified atom stereocenters. The van der Waals surface area contributed by atoms with Crippen LogP contribution >= 0.6 is 0 Å². The monoisotopic (exact) mass is 311 g/mol. The molecular formula is C14H18FN3O2S. The molecule has 2 atom stereocenters. The second kappa shape index (κ2) is 6.52. The summed E-state index contributed by atoms with van der Waals surface area (Å²) in [6.07, 6.45) is 3.55. The normalized spacial score (nSPS) is 22.7. The van der Waals surface area contributed by atoms with Crippen molar-refractivity contribution in [2.24, 2.45) is 11.7 Å². The lowest BCUT2D eigenvalue weighted by Gasteiger charge is -2.31. The minimum Gasteiger partial charge on any atom is -0.330 e. The van der Waals surface area contributed by atoms with E-state index in [0.29, 0.717) is 13.0 Å². The van der Waals surface area contributed by atoms with Crippen molar-refractivity contribution in [2.75, 3.05) is 6.54 Å². The van der Waals surface area contributed by atoms with E-state index in [-0.39, 0.29) is 17.5 Å². The highest BCUT2D eigenvalue weighted by atomic mass is 32.2. The maximum absolute atomic E-state index is 13.9. The average Bonchev–Trinajstić information content (AvgIpc) is 2.47. The van der Waals surface area contributed by atoms with Crippen LogP contribution in [-0.4, -0.2) is 21.0 Å². The molecule has 114 valence electrons. The molecule has 7 heteroatoms. The smallest absolute Gasteiger partial charge is 0.243 e. The highest BCUT2D eigenvalue weighted by Gasteiger charge is 2.29. The highest BCUT2D eigenvalue weighted by molar-refractivity contribution is 7.89. The molecule has 1 aromatic carbocycles. The van der Waals surface area contributed by atoms with E-state index in [1.807, 2.05) is 0 Å². The van der Waals surface area contributed by atoms with Crippen LogP contribution in [-0.2, 0) is 10.0 Å². The quantitative estimate of drug-likeness (QED) is 0.880. The Bertz CT molecular complexity index is 655. The molecule has 0 aromatic heterocycles. The topological polar surface area (TPSA) is 96.0 Å². The lowest BCUT2D eigenvalue weighted by molar-refractivity contribution is 0.296. The van der Waals surface area contributed by atoms with Gasteiger partial charge in [0, 0.05) is 6.04 Å². The van der Waals surface area contributed by atoms with Crippen molar-refractivity contribution < 1.29 is 12.8 Å². The summed E-state index contributed by atoms with van der Waals surface area (Å²) in [6, 6.07) is 4.85. The second-order valence-corrected chi connectivity index (χ2v) is 6.95. The van der Waals surface area contributed by atoms with E-state index in [9.17, 15) is 12.8 Å². The van der Waals surface area contributed by atoms with Crippen molar-refractivity contribution in [3.05, 3.63) is 29.6 Å². The first-order chi connectivity index (χ1) is 9.97. The summed E-state index contributed by atoms with van der Waals surface area (Å²) in [6.45, 7) is 0.406. The van der Waals surface area contributed by atoms with Gasteiger partial charge in [0.25, 0.3) is 0 Å². The van der Waals surface area contributed by atoms with Crippen molar-refractivity contribution in [1.82, 2.24) is 4.72 Å². The van der Waals surface area contributed by atoms with E-state index in [4.69, 9.17) is 11.0 Å². The number of sulfonamides is 1. The SMILES string of the molecule is N#Cc1ccc(S(=O)(=O)N[C@@H]2CCCC[C@H]2CN)c(F)c1. The van der Waals surface area contributed by atoms with Crippen molar-refractivity contribution in [1.29, 1.82) is 5.26 Å². The molecule has 0 heterocycles. The van der Waals surface area contributed by atoms with Crippen LogP contribution in [0.25, 0.3) is 0 Å². The maximum Gasteiger partial charge on any atom is 0.243 e. The van der Waals surface area contributed by atoms with E-state index < -0.39 is 20.7 Å². The molecule has 1 aromatic rings. The third-order valence-corrected chi connectivity index (χ3v) is 5.39. The molecule has 0 bridgehead atoms. The van der Waals surface area contributed by atoms with Crippen molar-refractivity contribution in [3.8, 4) is 6.07 Å². The van der Waals surface area contributed by atoms with Gasteiger partial charge in [-0.1, -0.05) is 12.8 Å². The minimum absolute atomic E-state index is 0.0787. The van der Waals surface area contributed by atoms with E-state index in [0.717, 1.165) is 31.4 Å². The molecule has 0 saturated heterocycles. The van der Waals surface area contributed by atoms with Gasteiger partial charge >= 0.3 is 0 Å².